The van der Waals surface area contributed by atoms with Crippen molar-refractivity contribution in [2.45, 2.75) is 25.0 Å². The van der Waals surface area contributed by atoms with E-state index in [-0.39, 0.29) is 24.4 Å². The minimum Gasteiger partial charge on any atom is -0.409 e. The SMILES string of the molecule is NC(=NO)C1CCCN1C(=O)C1COCCO1. The second kappa shape index (κ2) is 5.33. The van der Waals surface area contributed by atoms with Crippen LogP contribution in [0.25, 0.3) is 0 Å². The van der Waals surface area contributed by atoms with Gasteiger partial charge < -0.3 is 25.3 Å². The van der Waals surface area contributed by atoms with Crippen molar-refractivity contribution in [1.29, 1.82) is 0 Å². The van der Waals surface area contributed by atoms with Crippen molar-refractivity contribution < 1.29 is 19.5 Å². The van der Waals surface area contributed by atoms with E-state index in [1.165, 1.54) is 0 Å². The van der Waals surface area contributed by atoms with Crippen LogP contribution < -0.4 is 5.73 Å². The molecule has 7 nitrogen and oxygen atoms in total. The Kier molecular flexibility index (Phi) is 3.80. The van der Waals surface area contributed by atoms with Gasteiger partial charge in [0, 0.05) is 6.54 Å². The standard InChI is InChI=1S/C10H17N3O4/c11-9(12-15)7-2-1-3-13(7)10(14)8-6-16-4-5-17-8/h7-8,15H,1-6H2,(H2,11,12). The molecule has 0 aromatic heterocycles. The van der Waals surface area contributed by atoms with E-state index in [0.29, 0.717) is 19.8 Å². The molecule has 2 unspecified atom stereocenters. The number of nitrogens with zero attached hydrogens (tertiary/aromatic N) is 2. The summed E-state index contributed by atoms with van der Waals surface area (Å²) in [5.74, 6) is -0.0635. The largest absolute Gasteiger partial charge is 0.409 e. The molecule has 7 heteroatoms. The van der Waals surface area contributed by atoms with Gasteiger partial charge in [-0.15, -0.1) is 0 Å². The van der Waals surface area contributed by atoms with Crippen LogP contribution in [0.2, 0.25) is 0 Å². The summed E-state index contributed by atoms with van der Waals surface area (Å²) in [5.41, 5.74) is 5.57. The first-order chi connectivity index (χ1) is 8.24. The van der Waals surface area contributed by atoms with Crippen molar-refractivity contribution in [3.63, 3.8) is 0 Å². The number of rotatable bonds is 2. The average Bonchev–Trinajstić information content (AvgIpc) is 2.87. The van der Waals surface area contributed by atoms with E-state index in [9.17, 15) is 4.79 Å². The lowest BCUT2D eigenvalue weighted by molar-refractivity contribution is -0.157. The number of carbonyl (C=O) groups excluding carboxylic acids is 1. The van der Waals surface area contributed by atoms with Gasteiger partial charge in [-0.2, -0.15) is 0 Å². The van der Waals surface area contributed by atoms with Gasteiger partial charge in [0.2, 0.25) is 0 Å². The molecule has 96 valence electrons. The van der Waals surface area contributed by atoms with Gasteiger partial charge in [0.1, 0.15) is 0 Å². The zero-order valence-electron chi connectivity index (χ0n) is 9.54. The zero-order valence-corrected chi connectivity index (χ0v) is 9.54. The number of likely N-dealkylation sites (tertiary alicyclic amines) is 1. The first-order valence-corrected chi connectivity index (χ1v) is 5.71. The van der Waals surface area contributed by atoms with Gasteiger partial charge in [-0.25, -0.2) is 0 Å². The Morgan fingerprint density at radius 3 is 2.94 bits per heavy atom. The Morgan fingerprint density at radius 2 is 2.29 bits per heavy atom. The molecule has 2 rings (SSSR count). The van der Waals surface area contributed by atoms with Crippen LogP contribution in [0.1, 0.15) is 12.8 Å². The molecule has 0 saturated carbocycles. The number of oxime groups is 1. The molecule has 0 aromatic rings. The molecule has 3 N–H and O–H groups in total. The minimum absolute atomic E-state index is 0.0765. The molecule has 2 atom stereocenters. The topological polar surface area (TPSA) is 97.4 Å². The molecule has 0 aliphatic carbocycles. The molecule has 0 radical (unpaired) electrons. The predicted molar refractivity (Wildman–Crippen MR) is 58.7 cm³/mol. The summed E-state index contributed by atoms with van der Waals surface area (Å²) in [6.45, 7) is 1.84. The second-order valence-electron chi connectivity index (χ2n) is 4.15. The smallest absolute Gasteiger partial charge is 0.254 e. The summed E-state index contributed by atoms with van der Waals surface area (Å²) in [6.07, 6.45) is 1.01. The lowest BCUT2D eigenvalue weighted by atomic mass is 10.2. The first-order valence-electron chi connectivity index (χ1n) is 5.71. The highest BCUT2D eigenvalue weighted by Gasteiger charge is 2.36. The number of carbonyl (C=O) groups is 1. The van der Waals surface area contributed by atoms with Gasteiger partial charge in [-0.05, 0) is 12.8 Å². The molecular weight excluding hydrogens is 226 g/mol. The fraction of sp³-hybridized carbons (Fsp3) is 0.800. The van der Waals surface area contributed by atoms with Gasteiger partial charge >= 0.3 is 0 Å². The van der Waals surface area contributed by atoms with E-state index in [4.69, 9.17) is 20.4 Å². The van der Waals surface area contributed by atoms with Crippen molar-refractivity contribution in [2.24, 2.45) is 10.9 Å². The van der Waals surface area contributed by atoms with Crippen molar-refractivity contribution in [2.75, 3.05) is 26.4 Å². The van der Waals surface area contributed by atoms with Crippen LogP contribution in [-0.2, 0) is 14.3 Å². The minimum atomic E-state index is -0.559. The zero-order chi connectivity index (χ0) is 12.3. The van der Waals surface area contributed by atoms with Gasteiger partial charge in [0.05, 0.1) is 25.9 Å². The van der Waals surface area contributed by atoms with Gasteiger partial charge in [0.25, 0.3) is 5.91 Å². The van der Waals surface area contributed by atoms with Crippen LogP contribution in [0.3, 0.4) is 0 Å². The van der Waals surface area contributed by atoms with E-state index in [0.717, 1.165) is 12.8 Å². The average molecular weight is 243 g/mol. The van der Waals surface area contributed by atoms with Crippen LogP contribution in [0, 0.1) is 0 Å². The summed E-state index contributed by atoms with van der Waals surface area (Å²) < 4.78 is 10.6. The lowest BCUT2D eigenvalue weighted by Gasteiger charge is -2.29. The fourth-order valence-electron chi connectivity index (χ4n) is 2.22. The third kappa shape index (κ3) is 2.50. The molecule has 0 spiro atoms. The Labute approximate surface area is 99.1 Å². The van der Waals surface area contributed by atoms with Crippen LogP contribution in [-0.4, -0.2) is 60.4 Å². The van der Waals surface area contributed by atoms with Crippen LogP contribution >= 0.6 is 0 Å². The van der Waals surface area contributed by atoms with Gasteiger partial charge in [0.15, 0.2) is 11.9 Å². The second-order valence-corrected chi connectivity index (χ2v) is 4.15. The van der Waals surface area contributed by atoms with Gasteiger partial charge in [-0.3, -0.25) is 4.79 Å². The Morgan fingerprint density at radius 1 is 1.47 bits per heavy atom. The maximum absolute atomic E-state index is 12.2. The van der Waals surface area contributed by atoms with Gasteiger partial charge in [-0.1, -0.05) is 5.16 Å². The molecule has 1 amide bonds. The summed E-state index contributed by atoms with van der Waals surface area (Å²) >= 11 is 0. The van der Waals surface area contributed by atoms with E-state index >= 15 is 0 Å². The van der Waals surface area contributed by atoms with Crippen LogP contribution in [0.5, 0.6) is 0 Å². The third-order valence-electron chi connectivity index (χ3n) is 3.08. The normalized spacial score (nSPS) is 30.6. The van der Waals surface area contributed by atoms with Crippen molar-refractivity contribution >= 4 is 11.7 Å². The summed E-state index contributed by atoms with van der Waals surface area (Å²) in [5, 5.41) is 11.7. The number of nitrogens with two attached hydrogens (primary N) is 1. The van der Waals surface area contributed by atoms with E-state index in [1.807, 2.05) is 0 Å². The molecule has 2 aliphatic rings. The summed E-state index contributed by atoms with van der Waals surface area (Å²) in [6, 6.07) is -0.321. The molecule has 2 saturated heterocycles. The predicted octanol–water partition coefficient (Wildman–Crippen LogP) is -0.861. The molecule has 2 heterocycles. The Hall–Kier alpha value is -1.34. The molecule has 2 fully saturated rings. The quantitative estimate of drug-likeness (QED) is 0.285. The molecule has 17 heavy (non-hydrogen) atoms. The monoisotopic (exact) mass is 243 g/mol. The maximum atomic E-state index is 12.2. The summed E-state index contributed by atoms with van der Waals surface area (Å²) in [7, 11) is 0. The highest BCUT2D eigenvalue weighted by molar-refractivity contribution is 5.91. The third-order valence-corrected chi connectivity index (χ3v) is 3.08. The van der Waals surface area contributed by atoms with E-state index < -0.39 is 6.10 Å². The number of amides is 1. The van der Waals surface area contributed by atoms with Crippen molar-refractivity contribution in [3.05, 3.63) is 0 Å². The maximum Gasteiger partial charge on any atom is 0.254 e. The van der Waals surface area contributed by atoms with Crippen molar-refractivity contribution in [1.82, 2.24) is 4.90 Å². The number of amidine groups is 1. The molecule has 0 bridgehead atoms. The Balaban J connectivity index is 2.02. The summed E-state index contributed by atoms with van der Waals surface area (Å²) in [4.78, 5) is 13.8. The van der Waals surface area contributed by atoms with Crippen molar-refractivity contribution in [3.8, 4) is 0 Å². The molecule has 2 aliphatic heterocycles. The number of hydrogen-bond acceptors (Lipinski definition) is 5. The van der Waals surface area contributed by atoms with Crippen LogP contribution in [0.15, 0.2) is 5.16 Å². The highest BCUT2D eigenvalue weighted by atomic mass is 16.6. The van der Waals surface area contributed by atoms with Crippen LogP contribution in [0.4, 0.5) is 0 Å². The van der Waals surface area contributed by atoms with E-state index in [1.54, 1.807) is 4.90 Å². The Bertz CT molecular complexity index is 315. The first kappa shape index (κ1) is 12.1. The van der Waals surface area contributed by atoms with E-state index in [2.05, 4.69) is 5.16 Å². The highest BCUT2D eigenvalue weighted by Crippen LogP contribution is 2.19. The molecule has 0 aromatic carbocycles. The fourth-order valence-corrected chi connectivity index (χ4v) is 2.22. The number of ether oxygens (including phenoxy) is 2. The lowest BCUT2D eigenvalue weighted by Crippen LogP contribution is -2.50. The molecular formula is C10H17N3O4. The number of hydrogen-bond donors (Lipinski definition) is 2.